The number of ether oxygens (including phenoxy) is 3. The number of carbonyl (C=O) groups is 2. The molecule has 1 aromatic rings. The molecule has 8 heteroatoms. The smallest absolute Gasteiger partial charge is 0.246 e. The highest BCUT2D eigenvalue weighted by atomic mass is 16.5. The van der Waals surface area contributed by atoms with E-state index in [1.807, 2.05) is 0 Å². The molecular weight excluding hydrogens is 374 g/mol. The Morgan fingerprint density at radius 3 is 2.17 bits per heavy atom. The normalized spacial score (nSPS) is 17.3. The summed E-state index contributed by atoms with van der Waals surface area (Å²) in [6.07, 6.45) is 5.47. The third-order valence-electron chi connectivity index (χ3n) is 5.10. The minimum Gasteiger partial charge on any atom is -0.493 e. The second-order valence-corrected chi connectivity index (χ2v) is 7.24. The van der Waals surface area contributed by atoms with E-state index in [2.05, 4.69) is 10.2 Å². The molecule has 2 fully saturated rings. The monoisotopic (exact) mass is 403 g/mol. The highest BCUT2D eigenvalue weighted by Crippen LogP contribution is 2.38. The molecule has 1 saturated carbocycles. The molecule has 2 aliphatic rings. The van der Waals surface area contributed by atoms with Gasteiger partial charge in [0.05, 0.1) is 27.9 Å². The zero-order valence-electron chi connectivity index (χ0n) is 17.3. The molecule has 0 aromatic heterocycles. The van der Waals surface area contributed by atoms with Crippen molar-refractivity contribution >= 4 is 17.9 Å². The fourth-order valence-electron chi connectivity index (χ4n) is 3.30. The maximum atomic E-state index is 12.5. The van der Waals surface area contributed by atoms with Crippen molar-refractivity contribution in [3.05, 3.63) is 23.8 Å². The zero-order chi connectivity index (χ0) is 20.8. The Morgan fingerprint density at radius 2 is 1.66 bits per heavy atom. The van der Waals surface area contributed by atoms with E-state index >= 15 is 0 Å². The summed E-state index contributed by atoms with van der Waals surface area (Å²) in [5.74, 6) is 1.62. The lowest BCUT2D eigenvalue weighted by atomic mass is 10.1. The van der Waals surface area contributed by atoms with Crippen LogP contribution in [0, 0.1) is 0 Å². The number of nitrogens with zero attached hydrogens (tertiary/aromatic N) is 2. The van der Waals surface area contributed by atoms with Gasteiger partial charge in [0.1, 0.15) is 0 Å². The van der Waals surface area contributed by atoms with Gasteiger partial charge in [0, 0.05) is 38.3 Å². The molecule has 0 unspecified atom stereocenters. The van der Waals surface area contributed by atoms with Gasteiger partial charge in [-0.2, -0.15) is 0 Å². The molecule has 1 aliphatic carbocycles. The lowest BCUT2D eigenvalue weighted by molar-refractivity contribution is -0.128. The van der Waals surface area contributed by atoms with E-state index in [-0.39, 0.29) is 11.8 Å². The van der Waals surface area contributed by atoms with Crippen LogP contribution in [0.1, 0.15) is 18.4 Å². The van der Waals surface area contributed by atoms with E-state index < -0.39 is 0 Å². The van der Waals surface area contributed by atoms with Gasteiger partial charge >= 0.3 is 0 Å². The molecule has 8 nitrogen and oxygen atoms in total. The Labute approximate surface area is 171 Å². The summed E-state index contributed by atoms with van der Waals surface area (Å²) in [6, 6.07) is 3.97. The van der Waals surface area contributed by atoms with Crippen molar-refractivity contribution in [2.24, 2.45) is 0 Å². The van der Waals surface area contributed by atoms with Crippen molar-refractivity contribution in [2.75, 3.05) is 54.1 Å². The highest BCUT2D eigenvalue weighted by molar-refractivity contribution is 5.92. The minimum atomic E-state index is -0.0548. The summed E-state index contributed by atoms with van der Waals surface area (Å²) in [6.45, 7) is 3.01. The lowest BCUT2D eigenvalue weighted by Crippen LogP contribution is -2.51. The predicted molar refractivity (Wildman–Crippen MR) is 109 cm³/mol. The molecule has 0 radical (unpaired) electrons. The Hall–Kier alpha value is -2.74. The van der Waals surface area contributed by atoms with Crippen LogP contribution in [0.3, 0.4) is 0 Å². The first-order chi connectivity index (χ1) is 14.0. The molecule has 2 amide bonds. The maximum absolute atomic E-state index is 12.5. The Morgan fingerprint density at radius 1 is 1.03 bits per heavy atom. The van der Waals surface area contributed by atoms with Gasteiger partial charge in [-0.3, -0.25) is 14.5 Å². The fourth-order valence-corrected chi connectivity index (χ4v) is 3.30. The quantitative estimate of drug-likeness (QED) is 0.656. The average Bonchev–Trinajstić information content (AvgIpc) is 3.55. The van der Waals surface area contributed by atoms with Gasteiger partial charge in [0.25, 0.3) is 0 Å². The topological polar surface area (TPSA) is 80.3 Å². The standard InChI is InChI=1S/C21H29N3O5/c1-27-17-12-15(13-18(28-2)21(17)29-3)4-7-20(26)24-10-8-23(9-11-24)14-19(25)22-16-5-6-16/h4,7,12-13,16H,5-6,8-11,14H2,1-3H3,(H,22,25)/b7-4+. The van der Waals surface area contributed by atoms with Crippen molar-refractivity contribution in [2.45, 2.75) is 18.9 Å². The summed E-state index contributed by atoms with van der Waals surface area (Å²) < 4.78 is 16.0. The largest absolute Gasteiger partial charge is 0.493 e. The molecular formula is C21H29N3O5. The van der Waals surface area contributed by atoms with Crippen LogP contribution in [-0.4, -0.2) is 81.7 Å². The van der Waals surface area contributed by atoms with Gasteiger partial charge in [-0.05, 0) is 36.6 Å². The van der Waals surface area contributed by atoms with Crippen molar-refractivity contribution in [3.8, 4) is 17.2 Å². The molecule has 0 atom stereocenters. The van der Waals surface area contributed by atoms with Crippen molar-refractivity contribution in [3.63, 3.8) is 0 Å². The second-order valence-electron chi connectivity index (χ2n) is 7.24. The number of amides is 2. The number of hydrogen-bond acceptors (Lipinski definition) is 6. The fraction of sp³-hybridized carbons (Fsp3) is 0.524. The third-order valence-corrected chi connectivity index (χ3v) is 5.10. The molecule has 0 bridgehead atoms. The van der Waals surface area contributed by atoms with Crippen LogP contribution in [0.5, 0.6) is 17.2 Å². The van der Waals surface area contributed by atoms with Crippen LogP contribution < -0.4 is 19.5 Å². The van der Waals surface area contributed by atoms with Gasteiger partial charge in [-0.15, -0.1) is 0 Å². The van der Waals surface area contributed by atoms with Gasteiger partial charge < -0.3 is 24.4 Å². The molecule has 1 aliphatic heterocycles. The van der Waals surface area contributed by atoms with E-state index in [1.165, 1.54) is 0 Å². The SMILES string of the molecule is COc1cc(/C=C/C(=O)N2CCN(CC(=O)NC3CC3)CC2)cc(OC)c1OC. The molecule has 1 aromatic carbocycles. The van der Waals surface area contributed by atoms with Crippen LogP contribution in [0.4, 0.5) is 0 Å². The van der Waals surface area contributed by atoms with Crippen molar-refractivity contribution in [1.82, 2.24) is 15.1 Å². The summed E-state index contributed by atoms with van der Waals surface area (Å²) >= 11 is 0. The number of methoxy groups -OCH3 is 3. The molecule has 3 rings (SSSR count). The molecule has 29 heavy (non-hydrogen) atoms. The number of piperazine rings is 1. The number of rotatable bonds is 8. The molecule has 0 spiro atoms. The highest BCUT2D eigenvalue weighted by Gasteiger charge is 2.26. The van der Waals surface area contributed by atoms with Crippen molar-refractivity contribution in [1.29, 1.82) is 0 Å². The average molecular weight is 403 g/mol. The van der Waals surface area contributed by atoms with Crippen LogP contribution in [0.2, 0.25) is 0 Å². The molecule has 158 valence electrons. The molecule has 1 heterocycles. The zero-order valence-corrected chi connectivity index (χ0v) is 17.3. The van der Waals surface area contributed by atoms with Crippen LogP contribution in [0.25, 0.3) is 6.08 Å². The molecule has 1 N–H and O–H groups in total. The van der Waals surface area contributed by atoms with E-state index in [4.69, 9.17) is 14.2 Å². The third kappa shape index (κ3) is 5.63. The lowest BCUT2D eigenvalue weighted by Gasteiger charge is -2.33. The number of nitrogens with one attached hydrogen (secondary N) is 1. The van der Waals surface area contributed by atoms with E-state index in [0.717, 1.165) is 18.4 Å². The predicted octanol–water partition coefficient (Wildman–Crippen LogP) is 1.15. The van der Waals surface area contributed by atoms with Crippen molar-refractivity contribution < 1.29 is 23.8 Å². The summed E-state index contributed by atoms with van der Waals surface area (Å²) in [5.41, 5.74) is 0.781. The summed E-state index contributed by atoms with van der Waals surface area (Å²) in [4.78, 5) is 28.3. The molecule has 1 saturated heterocycles. The first kappa shape index (κ1) is 21.0. The van der Waals surface area contributed by atoms with E-state index in [0.29, 0.717) is 56.0 Å². The van der Waals surface area contributed by atoms with E-state index in [1.54, 1.807) is 50.5 Å². The second kappa shape index (κ2) is 9.65. The van der Waals surface area contributed by atoms with Gasteiger partial charge in [-0.1, -0.05) is 0 Å². The maximum Gasteiger partial charge on any atom is 0.246 e. The minimum absolute atomic E-state index is 0.0548. The Balaban J connectivity index is 1.54. The summed E-state index contributed by atoms with van der Waals surface area (Å²) in [7, 11) is 4.66. The number of hydrogen-bond donors (Lipinski definition) is 1. The number of benzene rings is 1. The van der Waals surface area contributed by atoms with Crippen LogP contribution in [0.15, 0.2) is 18.2 Å². The van der Waals surface area contributed by atoms with E-state index in [9.17, 15) is 9.59 Å². The summed E-state index contributed by atoms with van der Waals surface area (Å²) in [5, 5.41) is 3.00. The Kier molecular flexibility index (Phi) is 6.98. The van der Waals surface area contributed by atoms with Crippen LogP contribution >= 0.6 is 0 Å². The van der Waals surface area contributed by atoms with Gasteiger partial charge in [0.15, 0.2) is 11.5 Å². The first-order valence-electron chi connectivity index (χ1n) is 9.82. The van der Waals surface area contributed by atoms with Gasteiger partial charge in [0.2, 0.25) is 17.6 Å². The number of carbonyl (C=O) groups excluding carboxylic acids is 2. The first-order valence-corrected chi connectivity index (χ1v) is 9.82. The van der Waals surface area contributed by atoms with Gasteiger partial charge in [-0.25, -0.2) is 0 Å². The Bertz CT molecular complexity index is 743. The van der Waals surface area contributed by atoms with Crippen LogP contribution in [-0.2, 0) is 9.59 Å².